The first-order chi connectivity index (χ1) is 7.65. The predicted molar refractivity (Wildman–Crippen MR) is 64.3 cm³/mol. The first-order valence-corrected chi connectivity index (χ1v) is 5.30. The second-order valence-electron chi connectivity index (χ2n) is 4.07. The van der Waals surface area contributed by atoms with Crippen molar-refractivity contribution in [3.63, 3.8) is 0 Å². The normalized spacial score (nSPS) is 22.9. The number of aromatic nitrogens is 1. The molecule has 3 heteroatoms. The van der Waals surface area contributed by atoms with E-state index in [0.717, 1.165) is 17.1 Å². The lowest BCUT2D eigenvalue weighted by Crippen LogP contribution is -2.36. The third kappa shape index (κ3) is 1.81. The van der Waals surface area contributed by atoms with Crippen LogP contribution in [0.4, 0.5) is 0 Å². The molecule has 0 fully saturated rings. The van der Waals surface area contributed by atoms with Crippen molar-refractivity contribution >= 4 is 0 Å². The maximum absolute atomic E-state index is 5.36. The molecule has 3 nitrogen and oxygen atoms in total. The molecule has 1 aromatic rings. The van der Waals surface area contributed by atoms with Crippen LogP contribution in [0.5, 0.6) is 5.75 Å². The van der Waals surface area contributed by atoms with E-state index < -0.39 is 0 Å². The molecule has 1 atom stereocenters. The molecule has 0 saturated carbocycles. The topological polar surface area (TPSA) is 34.1 Å². The number of rotatable bonds is 2. The van der Waals surface area contributed by atoms with Gasteiger partial charge in [-0.15, -0.1) is 0 Å². The Morgan fingerprint density at radius 3 is 2.75 bits per heavy atom. The number of hydrogen-bond acceptors (Lipinski definition) is 3. The zero-order valence-corrected chi connectivity index (χ0v) is 9.82. The fraction of sp³-hybridized carbons (Fsp3) is 0.308. The molecule has 0 bridgehead atoms. The summed E-state index contributed by atoms with van der Waals surface area (Å²) in [5.41, 5.74) is 1.60. The summed E-state index contributed by atoms with van der Waals surface area (Å²) >= 11 is 0. The van der Waals surface area contributed by atoms with Gasteiger partial charge in [0.2, 0.25) is 0 Å². The molecule has 0 spiro atoms. The molecule has 2 rings (SSSR count). The highest BCUT2D eigenvalue weighted by atomic mass is 16.5. The number of nitrogens with one attached hydrogen (secondary N) is 1. The molecule has 84 valence electrons. The van der Waals surface area contributed by atoms with Crippen molar-refractivity contribution in [2.24, 2.45) is 0 Å². The van der Waals surface area contributed by atoms with E-state index in [0.29, 0.717) is 0 Å². The van der Waals surface area contributed by atoms with E-state index in [1.807, 2.05) is 37.4 Å². The van der Waals surface area contributed by atoms with Crippen LogP contribution in [0.25, 0.3) is 0 Å². The number of allylic oxidation sites excluding steroid dienone is 2. The molecule has 0 amide bonds. The fourth-order valence-corrected chi connectivity index (χ4v) is 1.80. The fourth-order valence-electron chi connectivity index (χ4n) is 1.80. The van der Waals surface area contributed by atoms with E-state index >= 15 is 0 Å². The summed E-state index contributed by atoms with van der Waals surface area (Å²) in [6.45, 7) is 4.06. The van der Waals surface area contributed by atoms with Gasteiger partial charge in [-0.1, -0.05) is 12.2 Å². The SMILES string of the molecule is COc1ccc(C)nc1C1(C)C=CC=CN1. The minimum absolute atomic E-state index is 0.299. The van der Waals surface area contributed by atoms with Gasteiger partial charge in [-0.2, -0.15) is 0 Å². The Bertz CT molecular complexity index is 451. The van der Waals surface area contributed by atoms with E-state index in [1.165, 1.54) is 0 Å². The van der Waals surface area contributed by atoms with E-state index in [2.05, 4.69) is 23.3 Å². The van der Waals surface area contributed by atoms with Crippen LogP contribution in [-0.2, 0) is 5.54 Å². The van der Waals surface area contributed by atoms with Crippen molar-refractivity contribution in [1.29, 1.82) is 0 Å². The van der Waals surface area contributed by atoms with Crippen molar-refractivity contribution in [1.82, 2.24) is 10.3 Å². The molecule has 1 aliphatic heterocycles. The third-order valence-electron chi connectivity index (χ3n) is 2.73. The van der Waals surface area contributed by atoms with Gasteiger partial charge in [-0.05, 0) is 38.3 Å². The number of pyridine rings is 1. The molecule has 16 heavy (non-hydrogen) atoms. The van der Waals surface area contributed by atoms with Crippen LogP contribution >= 0.6 is 0 Å². The highest BCUT2D eigenvalue weighted by molar-refractivity contribution is 5.39. The molecule has 0 saturated heterocycles. The van der Waals surface area contributed by atoms with E-state index in [4.69, 9.17) is 4.74 Å². The van der Waals surface area contributed by atoms with Gasteiger partial charge in [0.1, 0.15) is 11.4 Å². The maximum atomic E-state index is 5.36. The molecule has 1 N–H and O–H groups in total. The molecule has 2 heterocycles. The first-order valence-electron chi connectivity index (χ1n) is 5.30. The van der Waals surface area contributed by atoms with Crippen molar-refractivity contribution in [3.8, 4) is 5.75 Å². The Morgan fingerprint density at radius 1 is 1.31 bits per heavy atom. The number of nitrogens with zero attached hydrogens (tertiary/aromatic N) is 1. The highest BCUT2D eigenvalue weighted by Crippen LogP contribution is 2.30. The van der Waals surface area contributed by atoms with Crippen LogP contribution in [0.15, 0.2) is 36.6 Å². The summed E-state index contributed by atoms with van der Waals surface area (Å²) in [7, 11) is 1.67. The molecule has 0 aromatic carbocycles. The van der Waals surface area contributed by atoms with Gasteiger partial charge < -0.3 is 10.1 Å². The number of methoxy groups -OCH3 is 1. The standard InChI is InChI=1S/C13H16N2O/c1-10-6-7-11(16-3)12(15-10)13(2)8-4-5-9-14-13/h4-9,14H,1-3H3. The second-order valence-corrected chi connectivity index (χ2v) is 4.07. The van der Waals surface area contributed by atoms with Crippen molar-refractivity contribution < 1.29 is 4.74 Å². The van der Waals surface area contributed by atoms with Crippen molar-refractivity contribution in [2.75, 3.05) is 7.11 Å². The van der Waals surface area contributed by atoms with Gasteiger partial charge in [0, 0.05) is 5.69 Å². The Morgan fingerprint density at radius 2 is 2.12 bits per heavy atom. The minimum Gasteiger partial charge on any atom is -0.495 e. The molecule has 1 unspecified atom stereocenters. The number of ether oxygens (including phenoxy) is 1. The monoisotopic (exact) mass is 216 g/mol. The Hall–Kier alpha value is -1.77. The average Bonchev–Trinajstić information content (AvgIpc) is 2.30. The smallest absolute Gasteiger partial charge is 0.143 e. The average molecular weight is 216 g/mol. The molecule has 1 aromatic heterocycles. The molecular weight excluding hydrogens is 200 g/mol. The van der Waals surface area contributed by atoms with Crippen molar-refractivity contribution in [2.45, 2.75) is 19.4 Å². The predicted octanol–water partition coefficient (Wildman–Crippen LogP) is 2.29. The van der Waals surface area contributed by atoms with Gasteiger partial charge in [0.25, 0.3) is 0 Å². The summed E-state index contributed by atoms with van der Waals surface area (Å²) < 4.78 is 5.36. The third-order valence-corrected chi connectivity index (χ3v) is 2.73. The van der Waals surface area contributed by atoms with Gasteiger partial charge in [0.05, 0.1) is 12.6 Å². The number of aryl methyl sites for hydroxylation is 1. The highest BCUT2D eigenvalue weighted by Gasteiger charge is 2.28. The molecule has 1 aliphatic rings. The lowest BCUT2D eigenvalue weighted by Gasteiger charge is -2.29. The van der Waals surface area contributed by atoms with E-state index in [-0.39, 0.29) is 5.54 Å². The van der Waals surface area contributed by atoms with Crippen LogP contribution in [-0.4, -0.2) is 12.1 Å². The minimum atomic E-state index is -0.299. The van der Waals surface area contributed by atoms with Gasteiger partial charge in [-0.3, -0.25) is 4.98 Å². The number of hydrogen-bond donors (Lipinski definition) is 1. The largest absolute Gasteiger partial charge is 0.495 e. The second kappa shape index (κ2) is 4.00. The molecule has 0 radical (unpaired) electrons. The summed E-state index contributed by atoms with van der Waals surface area (Å²) in [6, 6.07) is 3.91. The lowest BCUT2D eigenvalue weighted by molar-refractivity contribution is 0.385. The quantitative estimate of drug-likeness (QED) is 0.823. The van der Waals surface area contributed by atoms with Crippen LogP contribution < -0.4 is 10.1 Å². The Kier molecular flexibility index (Phi) is 2.69. The number of dihydropyridines is 1. The van der Waals surface area contributed by atoms with Gasteiger partial charge >= 0.3 is 0 Å². The van der Waals surface area contributed by atoms with Crippen LogP contribution in [0.2, 0.25) is 0 Å². The maximum Gasteiger partial charge on any atom is 0.143 e. The van der Waals surface area contributed by atoms with E-state index in [1.54, 1.807) is 7.11 Å². The van der Waals surface area contributed by atoms with Gasteiger partial charge in [0.15, 0.2) is 0 Å². The first kappa shape index (κ1) is 10.7. The zero-order valence-electron chi connectivity index (χ0n) is 9.82. The Labute approximate surface area is 95.8 Å². The van der Waals surface area contributed by atoms with Crippen LogP contribution in [0, 0.1) is 6.92 Å². The van der Waals surface area contributed by atoms with Gasteiger partial charge in [-0.25, -0.2) is 0 Å². The van der Waals surface area contributed by atoms with Crippen molar-refractivity contribution in [3.05, 3.63) is 47.9 Å². The summed E-state index contributed by atoms with van der Waals surface area (Å²) in [5.74, 6) is 0.806. The Balaban J connectivity index is 2.49. The molecular formula is C13H16N2O. The molecule has 0 aliphatic carbocycles. The van der Waals surface area contributed by atoms with E-state index in [9.17, 15) is 0 Å². The summed E-state index contributed by atoms with van der Waals surface area (Å²) in [4.78, 5) is 4.57. The van der Waals surface area contributed by atoms with Crippen LogP contribution in [0.1, 0.15) is 18.3 Å². The summed E-state index contributed by atoms with van der Waals surface area (Å²) in [5, 5.41) is 3.30. The zero-order chi connectivity index (χ0) is 11.6. The lowest BCUT2D eigenvalue weighted by atomic mass is 9.94. The van der Waals surface area contributed by atoms with Crippen LogP contribution in [0.3, 0.4) is 0 Å². The summed E-state index contributed by atoms with van der Waals surface area (Å²) in [6.07, 6.45) is 7.98.